The van der Waals surface area contributed by atoms with Crippen LogP contribution < -0.4 is 5.73 Å². The van der Waals surface area contributed by atoms with Crippen LogP contribution in [0.5, 0.6) is 0 Å². The topological polar surface area (TPSA) is 144 Å². The van der Waals surface area contributed by atoms with Crippen molar-refractivity contribution in [3.05, 3.63) is 48.7 Å². The Balaban J connectivity index is 1.15. The lowest BCUT2D eigenvalue weighted by Crippen LogP contribution is -2.52. The van der Waals surface area contributed by atoms with Gasteiger partial charge in [-0.3, -0.25) is 9.59 Å². The van der Waals surface area contributed by atoms with Crippen molar-refractivity contribution in [3.8, 4) is 11.3 Å². The molecule has 2 aliphatic rings. The number of nitrogens with zero attached hydrogens (tertiary/aromatic N) is 7. The van der Waals surface area contributed by atoms with Gasteiger partial charge in [0, 0.05) is 23.3 Å². The summed E-state index contributed by atoms with van der Waals surface area (Å²) in [5, 5.41) is 8.56. The number of nitrogens with two attached hydrogens (primary N) is 1. The summed E-state index contributed by atoms with van der Waals surface area (Å²) in [5.41, 5.74) is 9.39. The molecule has 2 aliphatic carbocycles. The molecular weight excluding hydrogens is 568 g/mol. The molecule has 6 rings (SSSR count). The largest absolute Gasteiger partial charge is 0.460 e. The molecule has 11 nitrogen and oxygen atoms in total. The zero-order valence-electron chi connectivity index (χ0n) is 26.9. The maximum atomic E-state index is 13.5. The van der Waals surface area contributed by atoms with Crippen LogP contribution in [0.2, 0.25) is 0 Å². The Hall–Kier alpha value is -4.15. The second kappa shape index (κ2) is 12.3. The molecule has 2 N–H and O–H groups in total. The van der Waals surface area contributed by atoms with Crippen LogP contribution in [0, 0.1) is 35.0 Å². The number of carbonyl (C=O) groups is 2. The van der Waals surface area contributed by atoms with E-state index in [2.05, 4.69) is 59.9 Å². The Kier molecular flexibility index (Phi) is 8.45. The van der Waals surface area contributed by atoms with E-state index in [1.54, 1.807) is 12.5 Å². The maximum absolute atomic E-state index is 13.5. The van der Waals surface area contributed by atoms with Gasteiger partial charge in [-0.2, -0.15) is 0 Å². The molecule has 11 heteroatoms. The first kappa shape index (κ1) is 30.9. The fraction of sp³-hybridized carbons (Fsp3) is 0.559. The zero-order chi connectivity index (χ0) is 31.9. The minimum atomic E-state index is -0.413. The second-order valence-electron chi connectivity index (χ2n) is 13.7. The van der Waals surface area contributed by atoms with E-state index in [9.17, 15) is 9.59 Å². The van der Waals surface area contributed by atoms with E-state index in [0.717, 1.165) is 36.8 Å². The van der Waals surface area contributed by atoms with Gasteiger partial charge in [-0.25, -0.2) is 19.6 Å². The van der Waals surface area contributed by atoms with Gasteiger partial charge in [-0.1, -0.05) is 70.5 Å². The highest BCUT2D eigenvalue weighted by atomic mass is 16.5. The SMILES string of the molecule is CCC(C)[C@@]1(C)C(OC(=O)Cn2cc(-c3ccc(Cn4cnc5c(N)ncnc54)cc3)nn2)CC(C)CC(C)C2CCC(=O)C21. The number of Topliss-reactive ketones (excluding diaryl/α,β-unsaturated/α-hetero) is 1. The molecule has 238 valence electrons. The van der Waals surface area contributed by atoms with Gasteiger partial charge in [0.25, 0.3) is 0 Å². The van der Waals surface area contributed by atoms with E-state index in [1.165, 1.54) is 11.0 Å². The fourth-order valence-corrected chi connectivity index (χ4v) is 8.08. The van der Waals surface area contributed by atoms with Crippen molar-refractivity contribution >= 4 is 28.7 Å². The third-order valence-corrected chi connectivity index (χ3v) is 10.8. The second-order valence-corrected chi connectivity index (χ2v) is 13.7. The van der Waals surface area contributed by atoms with E-state index < -0.39 is 5.41 Å². The standard InChI is InChI=1S/C34H44N8O3/c1-6-22(4)34(5)28(14-20(2)13-21(3)25-11-12-27(43)30(25)34)45-29(44)17-42-16-26(39-40-42)24-9-7-23(8-10-24)15-41-19-38-31-32(35)36-18-37-33(31)41/h7-10,16,18-22,25,28,30H,6,11-15,17H2,1-5H3,(H2,35,36,37)/t20?,21?,22?,25?,28?,30?,34-/m0/s1. The number of hydrogen-bond acceptors (Lipinski definition) is 9. The van der Waals surface area contributed by atoms with Crippen LogP contribution in [-0.2, 0) is 27.4 Å². The van der Waals surface area contributed by atoms with Crippen LogP contribution >= 0.6 is 0 Å². The van der Waals surface area contributed by atoms with Gasteiger partial charge in [0.2, 0.25) is 0 Å². The molecule has 2 saturated carbocycles. The number of rotatable bonds is 8. The third-order valence-electron chi connectivity index (χ3n) is 10.8. The number of anilines is 1. The number of benzene rings is 1. The quantitative estimate of drug-likeness (QED) is 0.261. The number of esters is 1. The Morgan fingerprint density at radius 2 is 1.93 bits per heavy atom. The summed E-state index contributed by atoms with van der Waals surface area (Å²) in [7, 11) is 0. The van der Waals surface area contributed by atoms with Crippen molar-refractivity contribution in [2.24, 2.45) is 35.0 Å². The van der Waals surface area contributed by atoms with E-state index in [4.69, 9.17) is 10.5 Å². The monoisotopic (exact) mass is 612 g/mol. The normalized spacial score (nSPS) is 27.6. The molecule has 0 spiro atoms. The fourth-order valence-electron chi connectivity index (χ4n) is 8.08. The number of hydrogen-bond donors (Lipinski definition) is 1. The van der Waals surface area contributed by atoms with Crippen molar-refractivity contribution < 1.29 is 14.3 Å². The summed E-state index contributed by atoms with van der Waals surface area (Å²) in [4.78, 5) is 39.5. The number of imidazole rings is 1. The number of nitrogen functional groups attached to an aromatic ring is 1. The lowest BCUT2D eigenvalue weighted by Gasteiger charge is -2.50. The summed E-state index contributed by atoms with van der Waals surface area (Å²) >= 11 is 0. The van der Waals surface area contributed by atoms with Crippen LogP contribution in [0.15, 0.2) is 43.1 Å². The first-order valence-corrected chi connectivity index (χ1v) is 16.2. The van der Waals surface area contributed by atoms with Gasteiger partial charge in [-0.05, 0) is 48.5 Å². The smallest absolute Gasteiger partial charge is 0.328 e. The minimum Gasteiger partial charge on any atom is -0.460 e. The Morgan fingerprint density at radius 3 is 2.69 bits per heavy atom. The summed E-state index contributed by atoms with van der Waals surface area (Å²) in [5.74, 6) is 1.75. The first-order valence-electron chi connectivity index (χ1n) is 16.2. The molecule has 7 atom stereocenters. The predicted octanol–water partition coefficient (Wildman–Crippen LogP) is 5.34. The molecule has 3 aromatic heterocycles. The molecule has 4 aromatic rings. The van der Waals surface area contributed by atoms with Gasteiger partial charge in [0.1, 0.15) is 36.0 Å². The van der Waals surface area contributed by atoms with E-state index >= 15 is 0 Å². The van der Waals surface area contributed by atoms with Crippen molar-refractivity contribution in [2.45, 2.75) is 85.9 Å². The third kappa shape index (κ3) is 5.84. The summed E-state index contributed by atoms with van der Waals surface area (Å²) in [6.07, 6.45) is 8.90. The number of ether oxygens (including phenoxy) is 1. The average molecular weight is 613 g/mol. The van der Waals surface area contributed by atoms with Gasteiger partial charge >= 0.3 is 5.97 Å². The molecule has 3 heterocycles. The Bertz CT molecular complexity index is 1680. The highest BCUT2D eigenvalue weighted by Gasteiger charge is 2.56. The molecule has 0 amide bonds. The Morgan fingerprint density at radius 1 is 1.16 bits per heavy atom. The molecule has 1 aromatic carbocycles. The number of carbonyl (C=O) groups excluding carboxylic acids is 2. The molecule has 0 saturated heterocycles. The van der Waals surface area contributed by atoms with Crippen molar-refractivity contribution in [3.63, 3.8) is 0 Å². The number of fused-ring (bicyclic) bond motifs is 2. The van der Waals surface area contributed by atoms with Crippen molar-refractivity contribution in [1.82, 2.24) is 34.5 Å². The zero-order valence-corrected chi connectivity index (χ0v) is 26.9. The van der Waals surface area contributed by atoms with Crippen molar-refractivity contribution in [2.75, 3.05) is 5.73 Å². The van der Waals surface area contributed by atoms with Crippen LogP contribution in [-0.4, -0.2) is 52.4 Å². The summed E-state index contributed by atoms with van der Waals surface area (Å²) < 4.78 is 9.81. The molecule has 0 radical (unpaired) electrons. The van der Waals surface area contributed by atoms with Gasteiger partial charge in [-0.15, -0.1) is 5.10 Å². The van der Waals surface area contributed by atoms with Gasteiger partial charge < -0.3 is 15.0 Å². The van der Waals surface area contributed by atoms with Crippen LogP contribution in [0.4, 0.5) is 5.82 Å². The highest BCUT2D eigenvalue weighted by molar-refractivity contribution is 5.84. The average Bonchev–Trinajstić information content (AvgIpc) is 3.75. The molecule has 2 fully saturated rings. The number of aromatic nitrogens is 7. The van der Waals surface area contributed by atoms with Crippen molar-refractivity contribution in [1.29, 1.82) is 0 Å². The van der Waals surface area contributed by atoms with Crippen LogP contribution in [0.1, 0.15) is 72.3 Å². The summed E-state index contributed by atoms with van der Waals surface area (Å²) in [6.45, 7) is 11.7. The summed E-state index contributed by atoms with van der Waals surface area (Å²) in [6, 6.07) is 7.99. The predicted molar refractivity (Wildman–Crippen MR) is 171 cm³/mol. The van der Waals surface area contributed by atoms with Gasteiger partial charge in [0.15, 0.2) is 11.5 Å². The molecule has 0 aliphatic heterocycles. The maximum Gasteiger partial charge on any atom is 0.328 e. The molecule has 0 bridgehead atoms. The number of ketones is 1. The lowest BCUT2D eigenvalue weighted by molar-refractivity contribution is -0.172. The van der Waals surface area contributed by atoms with Crippen LogP contribution in [0.3, 0.4) is 0 Å². The highest BCUT2D eigenvalue weighted by Crippen LogP contribution is 2.55. The van der Waals surface area contributed by atoms with E-state index in [1.807, 2.05) is 28.8 Å². The Labute approximate surface area is 264 Å². The van der Waals surface area contributed by atoms with Gasteiger partial charge in [0.05, 0.1) is 19.1 Å². The minimum absolute atomic E-state index is 0.0380. The van der Waals surface area contributed by atoms with Crippen LogP contribution in [0.25, 0.3) is 22.4 Å². The first-order chi connectivity index (χ1) is 21.6. The van der Waals surface area contributed by atoms with E-state index in [0.29, 0.717) is 59.2 Å². The molecular formula is C34H44N8O3. The molecule has 6 unspecified atom stereocenters. The lowest BCUT2D eigenvalue weighted by atomic mass is 9.56. The van der Waals surface area contributed by atoms with E-state index in [-0.39, 0.29) is 30.5 Å². The molecule has 45 heavy (non-hydrogen) atoms.